The Hall–Kier alpha value is -3.41. The Morgan fingerprint density at radius 2 is 0.656 bits per heavy atom. The van der Waals surface area contributed by atoms with Crippen LogP contribution in [0.15, 0.2) is 85.1 Å². The van der Waals surface area contributed by atoms with Crippen LogP contribution in [0.25, 0.3) is 0 Å². The standard InChI is InChI=1S/C58H98O6/c1-4-7-10-13-16-19-22-24-26-28-29-31-32-34-36-39-42-45-48-51-57(60)63-54-55(53-62-56(59)50-47-44-41-38-21-18-15-12-9-6-3)64-58(61)52-49-46-43-40-37-35-33-30-27-25-23-20-17-14-11-8-5-2/h8,11-12,15,17,20,24-27,33,35,40,43,55H,4-7,9-10,13-14,16,18-19,21-23,28-32,34,36-39,41-42,44-54H2,1-3H3/b11-8-,15-12-,20-17-,26-24-,27-25-,35-33-,43-40-. The molecule has 366 valence electrons. The van der Waals surface area contributed by atoms with E-state index in [9.17, 15) is 14.4 Å². The molecule has 0 fully saturated rings. The first-order chi connectivity index (χ1) is 31.5. The lowest BCUT2D eigenvalue weighted by Crippen LogP contribution is -2.30. The summed E-state index contributed by atoms with van der Waals surface area (Å²) in [5.74, 6) is -0.975. The van der Waals surface area contributed by atoms with E-state index in [0.29, 0.717) is 19.3 Å². The molecule has 0 aromatic rings. The number of unbranched alkanes of at least 4 members (excludes halogenated alkanes) is 22. The molecule has 0 rings (SSSR count). The lowest BCUT2D eigenvalue weighted by molar-refractivity contribution is -0.167. The van der Waals surface area contributed by atoms with E-state index in [4.69, 9.17) is 14.2 Å². The second kappa shape index (κ2) is 52.2. The first-order valence-electron chi connectivity index (χ1n) is 26.6. The third-order valence-electron chi connectivity index (χ3n) is 11.1. The number of ether oxygens (including phenoxy) is 3. The Balaban J connectivity index is 4.42. The molecular formula is C58H98O6. The van der Waals surface area contributed by atoms with Crippen LogP contribution in [-0.2, 0) is 28.6 Å². The Morgan fingerprint density at radius 3 is 1.08 bits per heavy atom. The van der Waals surface area contributed by atoms with Crippen LogP contribution in [0.5, 0.6) is 0 Å². The Bertz CT molecular complexity index is 1250. The summed E-state index contributed by atoms with van der Waals surface area (Å²) in [6.45, 7) is 6.40. The zero-order valence-electron chi connectivity index (χ0n) is 41.8. The maximum atomic E-state index is 12.8. The van der Waals surface area contributed by atoms with Crippen molar-refractivity contribution in [2.75, 3.05) is 13.2 Å². The lowest BCUT2D eigenvalue weighted by atomic mass is 10.1. The SMILES string of the molecule is CC/C=C\C/C=C\C/C=C\C/C=C\C/C=C\CCCC(=O)OC(COC(=O)CCCCCCC/C=C\CCC)COC(=O)CCCCCCCCCCC/C=C\CCCCCCCC. The number of hydrogen-bond acceptors (Lipinski definition) is 6. The van der Waals surface area contributed by atoms with Crippen molar-refractivity contribution >= 4 is 17.9 Å². The first kappa shape index (κ1) is 60.6. The summed E-state index contributed by atoms with van der Waals surface area (Å²) in [7, 11) is 0. The van der Waals surface area contributed by atoms with Gasteiger partial charge in [0.1, 0.15) is 13.2 Å². The summed E-state index contributed by atoms with van der Waals surface area (Å²) >= 11 is 0. The van der Waals surface area contributed by atoms with Crippen molar-refractivity contribution in [1.82, 2.24) is 0 Å². The molecule has 1 atom stereocenters. The minimum Gasteiger partial charge on any atom is -0.462 e. The molecule has 0 heterocycles. The highest BCUT2D eigenvalue weighted by Gasteiger charge is 2.19. The molecule has 0 spiro atoms. The summed E-state index contributed by atoms with van der Waals surface area (Å²) in [6, 6.07) is 0. The fraction of sp³-hybridized carbons (Fsp3) is 0.707. The van der Waals surface area contributed by atoms with Gasteiger partial charge in [-0.15, -0.1) is 0 Å². The molecule has 0 aromatic heterocycles. The van der Waals surface area contributed by atoms with Crippen LogP contribution in [0.2, 0.25) is 0 Å². The fourth-order valence-corrected chi connectivity index (χ4v) is 7.12. The third-order valence-corrected chi connectivity index (χ3v) is 11.1. The Morgan fingerprint density at radius 1 is 0.328 bits per heavy atom. The first-order valence-corrected chi connectivity index (χ1v) is 26.6. The molecule has 0 radical (unpaired) electrons. The zero-order valence-corrected chi connectivity index (χ0v) is 41.8. The molecule has 0 aliphatic rings. The van der Waals surface area contributed by atoms with Gasteiger partial charge in [0, 0.05) is 19.3 Å². The number of hydrogen-bond donors (Lipinski definition) is 0. The van der Waals surface area contributed by atoms with E-state index in [2.05, 4.69) is 106 Å². The summed E-state index contributed by atoms with van der Waals surface area (Å²) in [4.78, 5) is 37.9. The van der Waals surface area contributed by atoms with E-state index in [-0.39, 0.29) is 37.5 Å². The van der Waals surface area contributed by atoms with E-state index in [1.807, 2.05) is 0 Å². The lowest BCUT2D eigenvalue weighted by Gasteiger charge is -2.18. The fourth-order valence-electron chi connectivity index (χ4n) is 7.12. The highest BCUT2D eigenvalue weighted by atomic mass is 16.6. The van der Waals surface area contributed by atoms with E-state index in [1.54, 1.807) is 0 Å². The molecule has 6 heteroatoms. The van der Waals surface area contributed by atoms with E-state index >= 15 is 0 Å². The van der Waals surface area contributed by atoms with Gasteiger partial charge in [0.05, 0.1) is 0 Å². The van der Waals surface area contributed by atoms with Gasteiger partial charge >= 0.3 is 17.9 Å². The van der Waals surface area contributed by atoms with Crippen molar-refractivity contribution in [3.63, 3.8) is 0 Å². The Labute approximate surface area is 395 Å². The predicted molar refractivity (Wildman–Crippen MR) is 274 cm³/mol. The number of carbonyl (C=O) groups is 3. The molecular weight excluding hydrogens is 793 g/mol. The molecule has 0 bridgehead atoms. The molecule has 0 amide bonds. The van der Waals surface area contributed by atoms with E-state index in [0.717, 1.165) is 96.3 Å². The van der Waals surface area contributed by atoms with Crippen LogP contribution in [-0.4, -0.2) is 37.2 Å². The van der Waals surface area contributed by atoms with Crippen molar-refractivity contribution in [1.29, 1.82) is 0 Å². The van der Waals surface area contributed by atoms with E-state index < -0.39 is 6.10 Å². The normalized spacial score (nSPS) is 12.7. The van der Waals surface area contributed by atoms with Gasteiger partial charge in [-0.05, 0) is 103 Å². The molecule has 1 unspecified atom stereocenters. The van der Waals surface area contributed by atoms with Crippen LogP contribution in [0.1, 0.15) is 245 Å². The van der Waals surface area contributed by atoms with Crippen molar-refractivity contribution < 1.29 is 28.6 Å². The molecule has 0 aliphatic heterocycles. The maximum absolute atomic E-state index is 12.8. The predicted octanol–water partition coefficient (Wildman–Crippen LogP) is 17.6. The summed E-state index contributed by atoms with van der Waals surface area (Å²) in [5.41, 5.74) is 0. The second-order valence-electron chi connectivity index (χ2n) is 17.4. The minimum absolute atomic E-state index is 0.103. The van der Waals surface area contributed by atoms with Crippen molar-refractivity contribution in [2.45, 2.75) is 252 Å². The van der Waals surface area contributed by atoms with Crippen LogP contribution in [0.4, 0.5) is 0 Å². The van der Waals surface area contributed by atoms with Crippen molar-refractivity contribution in [3.8, 4) is 0 Å². The highest BCUT2D eigenvalue weighted by molar-refractivity contribution is 5.71. The number of esters is 3. The van der Waals surface area contributed by atoms with Crippen LogP contribution in [0, 0.1) is 0 Å². The van der Waals surface area contributed by atoms with Gasteiger partial charge in [-0.2, -0.15) is 0 Å². The van der Waals surface area contributed by atoms with Crippen molar-refractivity contribution in [2.24, 2.45) is 0 Å². The van der Waals surface area contributed by atoms with Gasteiger partial charge < -0.3 is 14.2 Å². The van der Waals surface area contributed by atoms with Gasteiger partial charge in [0.25, 0.3) is 0 Å². The third kappa shape index (κ3) is 49.6. The quantitative estimate of drug-likeness (QED) is 0.0262. The molecule has 64 heavy (non-hydrogen) atoms. The zero-order chi connectivity index (χ0) is 46.5. The van der Waals surface area contributed by atoms with E-state index in [1.165, 1.54) is 103 Å². The molecule has 0 saturated heterocycles. The maximum Gasteiger partial charge on any atom is 0.306 e. The van der Waals surface area contributed by atoms with Crippen molar-refractivity contribution in [3.05, 3.63) is 85.1 Å². The van der Waals surface area contributed by atoms with Gasteiger partial charge in [-0.25, -0.2) is 0 Å². The van der Waals surface area contributed by atoms with Gasteiger partial charge in [-0.1, -0.05) is 209 Å². The molecule has 0 N–H and O–H groups in total. The summed E-state index contributed by atoms with van der Waals surface area (Å²) < 4.78 is 16.7. The second-order valence-corrected chi connectivity index (χ2v) is 17.4. The number of rotatable bonds is 47. The van der Waals surface area contributed by atoms with Gasteiger partial charge in [-0.3, -0.25) is 14.4 Å². The topological polar surface area (TPSA) is 78.9 Å². The number of carbonyl (C=O) groups excluding carboxylic acids is 3. The summed E-state index contributed by atoms with van der Waals surface area (Å²) in [6.07, 6.45) is 67.2. The van der Waals surface area contributed by atoms with Gasteiger partial charge in [0.2, 0.25) is 0 Å². The average molecular weight is 891 g/mol. The highest BCUT2D eigenvalue weighted by Crippen LogP contribution is 2.14. The molecule has 0 aliphatic carbocycles. The molecule has 6 nitrogen and oxygen atoms in total. The average Bonchev–Trinajstić information content (AvgIpc) is 3.29. The van der Waals surface area contributed by atoms with Crippen LogP contribution >= 0.6 is 0 Å². The van der Waals surface area contributed by atoms with Crippen LogP contribution in [0.3, 0.4) is 0 Å². The minimum atomic E-state index is -0.809. The van der Waals surface area contributed by atoms with Crippen LogP contribution < -0.4 is 0 Å². The molecule has 0 aromatic carbocycles. The Kier molecular flexibility index (Phi) is 49.4. The number of allylic oxidation sites excluding steroid dienone is 14. The molecule has 0 saturated carbocycles. The monoisotopic (exact) mass is 891 g/mol. The smallest absolute Gasteiger partial charge is 0.306 e. The summed E-state index contributed by atoms with van der Waals surface area (Å²) in [5, 5.41) is 0. The van der Waals surface area contributed by atoms with Gasteiger partial charge in [0.15, 0.2) is 6.10 Å². The largest absolute Gasteiger partial charge is 0.462 e.